The van der Waals surface area contributed by atoms with Gasteiger partial charge in [0.2, 0.25) is 5.91 Å². The Morgan fingerprint density at radius 1 is 1.08 bits per heavy atom. The van der Waals surface area contributed by atoms with E-state index in [1.54, 1.807) is 19.1 Å². The first kappa shape index (κ1) is 18.7. The van der Waals surface area contributed by atoms with Crippen LogP contribution in [0.5, 0.6) is 0 Å². The fourth-order valence-corrected chi connectivity index (χ4v) is 2.43. The summed E-state index contributed by atoms with van der Waals surface area (Å²) >= 11 is 0. The van der Waals surface area contributed by atoms with Gasteiger partial charge in [0.25, 0.3) is 0 Å². The summed E-state index contributed by atoms with van der Waals surface area (Å²) in [5.41, 5.74) is 2.59. The molecule has 0 saturated carbocycles. The molecular weight excluding hydrogens is 318 g/mol. The molecule has 0 heterocycles. The van der Waals surface area contributed by atoms with Gasteiger partial charge in [0, 0.05) is 18.7 Å². The third-order valence-electron chi connectivity index (χ3n) is 3.82. The molecule has 0 fully saturated rings. The smallest absolute Gasteiger partial charge is 0.336 e. The second-order valence-electron chi connectivity index (χ2n) is 5.83. The fourth-order valence-electron chi connectivity index (χ4n) is 2.43. The summed E-state index contributed by atoms with van der Waals surface area (Å²) in [5, 5.41) is 11.8. The number of anilines is 1. The lowest BCUT2D eigenvalue weighted by Gasteiger charge is -2.08. The minimum absolute atomic E-state index is 0.146. The zero-order chi connectivity index (χ0) is 18.1. The van der Waals surface area contributed by atoms with Gasteiger partial charge in [0.15, 0.2) is 0 Å². The molecule has 25 heavy (non-hydrogen) atoms. The van der Waals surface area contributed by atoms with Gasteiger partial charge in [-0.1, -0.05) is 36.4 Å². The standard InChI is InChI=1S/C20H23NO4/c1-15-9-10-17(14-18(15)20(23)24)21-19(22)8-5-12-25-13-11-16-6-3-2-4-7-16/h2-4,6-7,9-10,14H,5,8,11-13H2,1H3,(H,21,22)(H,23,24). The van der Waals surface area contributed by atoms with Crippen molar-refractivity contribution >= 4 is 17.6 Å². The number of ether oxygens (including phenoxy) is 1. The van der Waals surface area contributed by atoms with Gasteiger partial charge in [-0.25, -0.2) is 4.79 Å². The van der Waals surface area contributed by atoms with Crippen LogP contribution in [-0.4, -0.2) is 30.2 Å². The van der Waals surface area contributed by atoms with Gasteiger partial charge in [-0.2, -0.15) is 0 Å². The summed E-state index contributed by atoms with van der Waals surface area (Å²) in [4.78, 5) is 23.0. The number of aromatic carboxylic acids is 1. The van der Waals surface area contributed by atoms with E-state index in [0.29, 0.717) is 37.3 Å². The van der Waals surface area contributed by atoms with E-state index in [1.165, 1.54) is 11.6 Å². The SMILES string of the molecule is Cc1ccc(NC(=O)CCCOCCc2ccccc2)cc1C(=O)O. The molecule has 2 aromatic carbocycles. The van der Waals surface area contributed by atoms with E-state index in [1.807, 2.05) is 18.2 Å². The molecule has 5 nitrogen and oxygen atoms in total. The first-order valence-electron chi connectivity index (χ1n) is 8.32. The van der Waals surface area contributed by atoms with E-state index in [9.17, 15) is 9.59 Å². The molecule has 0 atom stereocenters. The largest absolute Gasteiger partial charge is 0.478 e. The normalized spacial score (nSPS) is 10.4. The molecule has 2 N–H and O–H groups in total. The number of hydrogen-bond donors (Lipinski definition) is 2. The summed E-state index contributed by atoms with van der Waals surface area (Å²) < 4.78 is 5.55. The molecule has 5 heteroatoms. The first-order valence-corrected chi connectivity index (χ1v) is 8.32. The quantitative estimate of drug-likeness (QED) is 0.682. The molecule has 2 rings (SSSR count). The molecule has 0 spiro atoms. The summed E-state index contributed by atoms with van der Waals surface area (Å²) in [6, 6.07) is 15.0. The van der Waals surface area contributed by atoms with E-state index in [2.05, 4.69) is 17.4 Å². The monoisotopic (exact) mass is 341 g/mol. The van der Waals surface area contributed by atoms with Crippen LogP contribution < -0.4 is 5.32 Å². The molecule has 132 valence electrons. The topological polar surface area (TPSA) is 75.6 Å². The molecule has 0 radical (unpaired) electrons. The van der Waals surface area contributed by atoms with Crippen LogP contribution in [0.1, 0.15) is 34.3 Å². The van der Waals surface area contributed by atoms with Crippen LogP contribution >= 0.6 is 0 Å². The van der Waals surface area contributed by atoms with Gasteiger partial charge >= 0.3 is 5.97 Å². The minimum atomic E-state index is -1.000. The van der Waals surface area contributed by atoms with Crippen molar-refractivity contribution in [2.75, 3.05) is 18.5 Å². The maximum atomic E-state index is 11.9. The summed E-state index contributed by atoms with van der Waals surface area (Å²) in [6.45, 7) is 2.88. The first-order chi connectivity index (χ1) is 12.1. The Hall–Kier alpha value is -2.66. The van der Waals surface area contributed by atoms with Crippen molar-refractivity contribution in [1.29, 1.82) is 0 Å². The number of nitrogens with one attached hydrogen (secondary N) is 1. The summed E-state index contributed by atoms with van der Waals surface area (Å²) in [5.74, 6) is -1.15. The molecule has 0 aliphatic rings. The predicted molar refractivity (Wildman–Crippen MR) is 97.0 cm³/mol. The van der Waals surface area contributed by atoms with Crippen LogP contribution in [0.15, 0.2) is 48.5 Å². The highest BCUT2D eigenvalue weighted by molar-refractivity contribution is 5.94. The molecule has 1 amide bonds. The van der Waals surface area contributed by atoms with Crippen molar-refractivity contribution in [2.24, 2.45) is 0 Å². The highest BCUT2D eigenvalue weighted by Gasteiger charge is 2.09. The third kappa shape index (κ3) is 6.39. The van der Waals surface area contributed by atoms with Crippen LogP contribution in [-0.2, 0) is 16.0 Å². The highest BCUT2D eigenvalue weighted by atomic mass is 16.5. The summed E-state index contributed by atoms with van der Waals surface area (Å²) in [6.07, 6.45) is 1.81. The van der Waals surface area contributed by atoms with E-state index >= 15 is 0 Å². The van der Waals surface area contributed by atoms with Crippen LogP contribution in [0.2, 0.25) is 0 Å². The van der Waals surface area contributed by atoms with E-state index < -0.39 is 5.97 Å². The lowest BCUT2D eigenvalue weighted by atomic mass is 10.1. The number of rotatable bonds is 9. The molecule has 0 bridgehead atoms. The number of carboxylic acids is 1. The van der Waals surface area contributed by atoms with Gasteiger partial charge in [-0.05, 0) is 43.0 Å². The Morgan fingerprint density at radius 3 is 2.56 bits per heavy atom. The molecule has 0 aliphatic carbocycles. The van der Waals surface area contributed by atoms with E-state index in [4.69, 9.17) is 9.84 Å². The van der Waals surface area contributed by atoms with E-state index in [0.717, 1.165) is 6.42 Å². The maximum Gasteiger partial charge on any atom is 0.336 e. The highest BCUT2D eigenvalue weighted by Crippen LogP contribution is 2.15. The second-order valence-corrected chi connectivity index (χ2v) is 5.83. The van der Waals surface area contributed by atoms with Crippen LogP contribution in [0.25, 0.3) is 0 Å². The molecule has 0 aliphatic heterocycles. The van der Waals surface area contributed by atoms with Crippen LogP contribution in [0, 0.1) is 6.92 Å². The molecule has 2 aromatic rings. The predicted octanol–water partition coefficient (Wildman–Crippen LogP) is 3.67. The van der Waals surface area contributed by atoms with Crippen molar-refractivity contribution in [3.8, 4) is 0 Å². The number of hydrogen-bond acceptors (Lipinski definition) is 3. The van der Waals surface area contributed by atoms with Gasteiger partial charge in [-0.15, -0.1) is 0 Å². The average Bonchev–Trinajstić information content (AvgIpc) is 2.60. The van der Waals surface area contributed by atoms with Crippen molar-refractivity contribution < 1.29 is 19.4 Å². The van der Waals surface area contributed by atoms with Gasteiger partial charge in [0.05, 0.1) is 12.2 Å². The molecule has 0 saturated heterocycles. The zero-order valence-electron chi connectivity index (χ0n) is 14.3. The number of aryl methyl sites for hydroxylation is 1. The van der Waals surface area contributed by atoms with Crippen molar-refractivity contribution in [3.05, 3.63) is 65.2 Å². The molecule has 0 aromatic heterocycles. The van der Waals surface area contributed by atoms with Crippen LogP contribution in [0.3, 0.4) is 0 Å². The molecule has 0 unspecified atom stereocenters. The number of carbonyl (C=O) groups excluding carboxylic acids is 1. The summed E-state index contributed by atoms with van der Waals surface area (Å²) in [7, 11) is 0. The average molecular weight is 341 g/mol. The zero-order valence-corrected chi connectivity index (χ0v) is 14.3. The number of carbonyl (C=O) groups is 2. The Morgan fingerprint density at radius 2 is 1.84 bits per heavy atom. The number of benzene rings is 2. The van der Waals surface area contributed by atoms with Gasteiger partial charge in [-0.3, -0.25) is 4.79 Å². The number of amides is 1. The fraction of sp³-hybridized carbons (Fsp3) is 0.300. The van der Waals surface area contributed by atoms with Crippen molar-refractivity contribution in [1.82, 2.24) is 0 Å². The van der Waals surface area contributed by atoms with Gasteiger partial charge in [0.1, 0.15) is 0 Å². The Balaban J connectivity index is 1.66. The number of carboxylic acid groups (broad SMARTS) is 1. The molecular formula is C20H23NO4. The van der Waals surface area contributed by atoms with Gasteiger partial charge < -0.3 is 15.2 Å². The lowest BCUT2D eigenvalue weighted by Crippen LogP contribution is -2.13. The minimum Gasteiger partial charge on any atom is -0.478 e. The Bertz CT molecular complexity index is 713. The van der Waals surface area contributed by atoms with Crippen LogP contribution in [0.4, 0.5) is 5.69 Å². The Kier molecular flexibility index (Phi) is 7.16. The van der Waals surface area contributed by atoms with E-state index in [-0.39, 0.29) is 11.5 Å². The Labute approximate surface area is 147 Å². The second kappa shape index (κ2) is 9.59. The van der Waals surface area contributed by atoms with Crippen molar-refractivity contribution in [3.63, 3.8) is 0 Å². The maximum absolute atomic E-state index is 11.9. The third-order valence-corrected chi connectivity index (χ3v) is 3.82. The lowest BCUT2D eigenvalue weighted by molar-refractivity contribution is -0.116. The van der Waals surface area contributed by atoms with Crippen molar-refractivity contribution in [2.45, 2.75) is 26.2 Å².